The van der Waals surface area contributed by atoms with Gasteiger partial charge in [-0.3, -0.25) is 4.79 Å². The van der Waals surface area contributed by atoms with Crippen molar-refractivity contribution in [3.63, 3.8) is 0 Å². The van der Waals surface area contributed by atoms with Gasteiger partial charge >= 0.3 is 12.4 Å². The second kappa shape index (κ2) is 8.47. The molecule has 1 aromatic heterocycles. The van der Waals surface area contributed by atoms with Gasteiger partial charge in [-0.25, -0.2) is 0 Å². The van der Waals surface area contributed by atoms with Gasteiger partial charge in [0, 0.05) is 10.6 Å². The maximum atomic E-state index is 12.9. The van der Waals surface area contributed by atoms with E-state index >= 15 is 0 Å². The molecule has 2 aromatic carbocycles. The van der Waals surface area contributed by atoms with E-state index in [0.29, 0.717) is 23.6 Å². The Morgan fingerprint density at radius 3 is 2.03 bits per heavy atom. The van der Waals surface area contributed by atoms with Crippen molar-refractivity contribution in [2.45, 2.75) is 23.0 Å². The van der Waals surface area contributed by atoms with Gasteiger partial charge in [0.15, 0.2) is 5.76 Å². The van der Waals surface area contributed by atoms with Crippen molar-refractivity contribution in [2.24, 2.45) is 0 Å². The molecule has 0 spiro atoms. The molecule has 0 aliphatic rings. The summed E-state index contributed by atoms with van der Waals surface area (Å²) in [6.45, 7) is 0. The molecule has 158 valence electrons. The first-order valence-electron chi connectivity index (χ1n) is 8.40. The maximum Gasteiger partial charge on any atom is 0.416 e. The Morgan fingerprint density at radius 1 is 0.867 bits per heavy atom. The first kappa shape index (κ1) is 21.8. The van der Waals surface area contributed by atoms with Crippen molar-refractivity contribution in [3.05, 3.63) is 83.3 Å². The number of thioether (sulfide) groups is 1. The van der Waals surface area contributed by atoms with Gasteiger partial charge in [-0.1, -0.05) is 18.2 Å². The molecule has 1 N–H and O–H groups in total. The van der Waals surface area contributed by atoms with E-state index in [1.165, 1.54) is 23.9 Å². The normalized spacial score (nSPS) is 12.1. The van der Waals surface area contributed by atoms with Gasteiger partial charge in [0.25, 0.3) is 5.91 Å². The summed E-state index contributed by atoms with van der Waals surface area (Å²) in [4.78, 5) is 13.2. The van der Waals surface area contributed by atoms with Crippen LogP contribution in [0, 0.1) is 0 Å². The zero-order valence-corrected chi connectivity index (χ0v) is 15.8. The fourth-order valence-electron chi connectivity index (χ4n) is 2.47. The molecule has 0 atom stereocenters. The number of rotatable bonds is 5. The van der Waals surface area contributed by atoms with E-state index in [9.17, 15) is 31.1 Å². The number of anilines is 1. The third kappa shape index (κ3) is 5.59. The van der Waals surface area contributed by atoms with Crippen LogP contribution in [0.5, 0.6) is 0 Å². The lowest BCUT2D eigenvalue weighted by Crippen LogP contribution is -2.15. The number of nitrogens with one attached hydrogen (secondary N) is 1. The summed E-state index contributed by atoms with van der Waals surface area (Å²) in [5.74, 6) is -0.379. The highest BCUT2D eigenvalue weighted by atomic mass is 32.2. The van der Waals surface area contributed by atoms with Crippen LogP contribution >= 0.6 is 11.8 Å². The van der Waals surface area contributed by atoms with Gasteiger partial charge in [0.05, 0.1) is 16.9 Å². The van der Waals surface area contributed by atoms with Gasteiger partial charge in [0.2, 0.25) is 0 Å². The van der Waals surface area contributed by atoms with Crippen LogP contribution in [0.1, 0.15) is 27.4 Å². The number of hydrogen-bond acceptors (Lipinski definition) is 3. The molecule has 0 saturated carbocycles. The lowest BCUT2D eigenvalue weighted by Gasteiger charge is -2.14. The Hall–Kier alpha value is -2.88. The summed E-state index contributed by atoms with van der Waals surface area (Å²) in [5, 5.41) is 2.03. The monoisotopic (exact) mass is 445 g/mol. The average Bonchev–Trinajstić information content (AvgIpc) is 3.15. The summed E-state index contributed by atoms with van der Waals surface area (Å²) in [5.41, 5.74) is -3.68. The van der Waals surface area contributed by atoms with Crippen molar-refractivity contribution in [3.8, 4) is 0 Å². The first-order chi connectivity index (χ1) is 14.0. The van der Waals surface area contributed by atoms with E-state index in [4.69, 9.17) is 4.42 Å². The molecular weight excluding hydrogens is 432 g/mol. The summed E-state index contributed by atoms with van der Waals surface area (Å²) in [6.07, 6.45) is -10.0. The highest BCUT2D eigenvalue weighted by Gasteiger charge is 2.37. The van der Waals surface area contributed by atoms with Crippen molar-refractivity contribution >= 4 is 23.4 Å². The number of benzene rings is 2. The lowest BCUT2D eigenvalue weighted by atomic mass is 10.1. The summed E-state index contributed by atoms with van der Waals surface area (Å²) >= 11 is 1.44. The lowest BCUT2D eigenvalue weighted by molar-refractivity contribution is -0.143. The molecule has 30 heavy (non-hydrogen) atoms. The maximum absolute atomic E-state index is 12.9. The summed E-state index contributed by atoms with van der Waals surface area (Å²) < 4.78 is 82.9. The molecule has 0 fully saturated rings. The molecule has 3 aromatic rings. The summed E-state index contributed by atoms with van der Waals surface area (Å²) in [7, 11) is 0. The van der Waals surface area contributed by atoms with Gasteiger partial charge in [-0.05, 0) is 42.5 Å². The number of halogens is 6. The second-order valence-electron chi connectivity index (χ2n) is 6.12. The van der Waals surface area contributed by atoms with Crippen LogP contribution in [0.25, 0.3) is 0 Å². The quantitative estimate of drug-likeness (QED) is 0.345. The van der Waals surface area contributed by atoms with Crippen LogP contribution in [0.4, 0.5) is 32.0 Å². The number of alkyl halides is 6. The van der Waals surface area contributed by atoms with Crippen LogP contribution in [0.2, 0.25) is 0 Å². The fourth-order valence-corrected chi connectivity index (χ4v) is 3.28. The van der Waals surface area contributed by atoms with Gasteiger partial charge in [-0.15, -0.1) is 11.8 Å². The number of hydrogen-bond donors (Lipinski definition) is 1. The van der Waals surface area contributed by atoms with Crippen LogP contribution in [0.15, 0.2) is 70.0 Å². The standard InChI is InChI=1S/C20H13F6NO2S/c21-19(22,23)12-8-13(20(24,25)26)10-14(9-12)27-18(28)17-7-6-15(29-17)11-30-16-4-2-1-3-5-16/h1-10H,11H2,(H,27,28). The molecule has 1 amide bonds. The van der Waals surface area contributed by atoms with Crippen molar-refractivity contribution in [1.82, 2.24) is 0 Å². The molecule has 0 aliphatic heterocycles. The number of furan rings is 1. The minimum Gasteiger partial charge on any atom is -0.455 e. The molecule has 0 bridgehead atoms. The molecule has 3 rings (SSSR count). The third-order valence-electron chi connectivity index (χ3n) is 3.86. The summed E-state index contributed by atoms with van der Waals surface area (Å²) in [6, 6.07) is 13.0. The number of amides is 1. The van der Waals surface area contributed by atoms with E-state index in [1.807, 2.05) is 35.6 Å². The molecular formula is C20H13F6NO2S. The van der Waals surface area contributed by atoms with Gasteiger partial charge < -0.3 is 9.73 Å². The van der Waals surface area contributed by atoms with Crippen LogP contribution in [-0.2, 0) is 18.1 Å². The highest BCUT2D eigenvalue weighted by molar-refractivity contribution is 7.98. The Bertz CT molecular complexity index is 996. The SMILES string of the molecule is O=C(Nc1cc(C(F)(F)F)cc(C(F)(F)F)c1)c1ccc(CSc2ccccc2)o1. The molecule has 0 unspecified atom stereocenters. The number of carbonyl (C=O) groups excluding carboxylic acids is 1. The van der Waals surface area contributed by atoms with Gasteiger partial charge in [-0.2, -0.15) is 26.3 Å². The molecule has 10 heteroatoms. The molecule has 1 heterocycles. The van der Waals surface area contributed by atoms with Gasteiger partial charge in [0.1, 0.15) is 5.76 Å². The zero-order valence-electron chi connectivity index (χ0n) is 15.0. The third-order valence-corrected chi connectivity index (χ3v) is 4.89. The van der Waals surface area contributed by atoms with E-state index in [2.05, 4.69) is 0 Å². The number of carbonyl (C=O) groups is 1. The van der Waals surface area contributed by atoms with Crippen LogP contribution < -0.4 is 5.32 Å². The Kier molecular flexibility index (Phi) is 6.16. The Labute approximate surface area is 171 Å². The Balaban J connectivity index is 1.75. The molecule has 0 aliphatic carbocycles. The van der Waals surface area contributed by atoms with Crippen LogP contribution in [0.3, 0.4) is 0 Å². The van der Waals surface area contributed by atoms with E-state index in [-0.39, 0.29) is 11.8 Å². The fraction of sp³-hybridized carbons (Fsp3) is 0.150. The van der Waals surface area contributed by atoms with E-state index in [0.717, 1.165) is 4.90 Å². The minimum atomic E-state index is -5.01. The second-order valence-corrected chi connectivity index (χ2v) is 7.17. The van der Waals surface area contributed by atoms with E-state index < -0.39 is 35.1 Å². The van der Waals surface area contributed by atoms with Crippen molar-refractivity contribution in [1.29, 1.82) is 0 Å². The molecule has 0 saturated heterocycles. The molecule has 0 radical (unpaired) electrons. The smallest absolute Gasteiger partial charge is 0.416 e. The first-order valence-corrected chi connectivity index (χ1v) is 9.38. The molecule has 3 nitrogen and oxygen atoms in total. The Morgan fingerprint density at radius 2 is 1.47 bits per heavy atom. The largest absolute Gasteiger partial charge is 0.455 e. The van der Waals surface area contributed by atoms with Crippen LogP contribution in [-0.4, -0.2) is 5.91 Å². The predicted molar refractivity (Wildman–Crippen MR) is 99.1 cm³/mol. The average molecular weight is 445 g/mol. The minimum absolute atomic E-state index is 0.0124. The van der Waals surface area contributed by atoms with E-state index in [1.54, 1.807) is 0 Å². The van der Waals surface area contributed by atoms with Crippen molar-refractivity contribution < 1.29 is 35.6 Å². The zero-order chi connectivity index (χ0) is 21.9. The highest BCUT2D eigenvalue weighted by Crippen LogP contribution is 2.37. The topological polar surface area (TPSA) is 42.2 Å². The van der Waals surface area contributed by atoms with Crippen molar-refractivity contribution in [2.75, 3.05) is 5.32 Å². The predicted octanol–water partition coefficient (Wildman–Crippen LogP) is 6.86.